The van der Waals surface area contributed by atoms with Gasteiger partial charge >= 0.3 is 5.69 Å². The molecule has 0 saturated carbocycles. The number of benzene rings is 6. The number of nitro groups is 2. The predicted octanol–water partition coefficient (Wildman–Crippen LogP) is 23.2. The van der Waals surface area contributed by atoms with E-state index < -0.39 is 21.2 Å². The van der Waals surface area contributed by atoms with Crippen molar-refractivity contribution in [2.75, 3.05) is 68.3 Å². The number of nitrogens with zero attached hydrogens (tertiary/aromatic N) is 8. The average molecular weight is 1280 g/mol. The van der Waals surface area contributed by atoms with Crippen LogP contribution in [0, 0.1) is 82.4 Å². The lowest BCUT2D eigenvalue weighted by atomic mass is 9.84. The Hall–Kier alpha value is -7.88. The molecular weight excluding hydrogens is 1160 g/mol. The van der Waals surface area contributed by atoms with Crippen molar-refractivity contribution in [1.29, 1.82) is 0 Å². The zero-order valence-corrected chi connectivity index (χ0v) is 60.3. The SMILES string of the molecule is CCCCC(CC)COc1cc(N=Nc2ccc([N+](=O)[O-])cc2[N+](=O)[O-])c(OCC(CC)CCCC)cc1N=Nc1ccc(N(C)CCC(C)CC(C)(C)C)cc1C.CNc1cccc(C)c1.Cc1cccc(N(C)CCC(C)CC(C)(C)C)c1.Cc1cccc(N)c1. The molecule has 0 bridgehead atoms. The third-order valence-electron chi connectivity index (χ3n) is 16.2. The van der Waals surface area contributed by atoms with E-state index in [1.54, 1.807) is 12.1 Å². The molecule has 93 heavy (non-hydrogen) atoms. The van der Waals surface area contributed by atoms with Gasteiger partial charge in [-0.1, -0.05) is 158 Å². The number of nitrogens with one attached hydrogen (secondary N) is 1. The van der Waals surface area contributed by atoms with Crippen LogP contribution in [-0.4, -0.2) is 57.3 Å². The third kappa shape index (κ3) is 31.5. The first kappa shape index (κ1) is 79.4. The highest BCUT2D eigenvalue weighted by molar-refractivity contribution is 5.68. The number of non-ortho nitro benzene ring substituents is 1. The molecule has 0 aliphatic heterocycles. The fraction of sp³-hybridized carbons (Fsp3) is 0.532. The number of hydrogen-bond acceptors (Lipinski definition) is 14. The number of hydrogen-bond donors (Lipinski definition) is 2. The van der Waals surface area contributed by atoms with Crippen LogP contribution in [0.15, 0.2) is 142 Å². The van der Waals surface area contributed by atoms with E-state index in [1.807, 2.05) is 63.4 Å². The summed E-state index contributed by atoms with van der Waals surface area (Å²) in [7, 11) is 6.24. The Kier molecular flexibility index (Phi) is 35.0. The van der Waals surface area contributed by atoms with Crippen LogP contribution in [-0.2, 0) is 0 Å². The molecule has 4 unspecified atom stereocenters. The van der Waals surface area contributed by atoms with Crippen molar-refractivity contribution in [2.24, 2.45) is 55.0 Å². The zero-order chi connectivity index (χ0) is 69.3. The number of nitro benzene ring substituents is 2. The number of ether oxygens (including phenoxy) is 2. The van der Waals surface area contributed by atoms with Gasteiger partial charge in [0.25, 0.3) is 5.69 Å². The van der Waals surface area contributed by atoms with Crippen molar-refractivity contribution in [3.8, 4) is 11.5 Å². The van der Waals surface area contributed by atoms with Crippen molar-refractivity contribution in [2.45, 2.75) is 188 Å². The zero-order valence-electron chi connectivity index (χ0n) is 60.3. The van der Waals surface area contributed by atoms with Gasteiger partial charge in [-0.05, 0) is 184 Å². The van der Waals surface area contributed by atoms with Crippen LogP contribution in [0.5, 0.6) is 11.5 Å². The van der Waals surface area contributed by atoms with Gasteiger partial charge in [-0.3, -0.25) is 20.2 Å². The van der Waals surface area contributed by atoms with Crippen LogP contribution in [0.3, 0.4) is 0 Å². The summed E-state index contributed by atoms with van der Waals surface area (Å²) in [6, 6.07) is 37.7. The smallest absolute Gasteiger partial charge is 0.303 e. The molecule has 16 nitrogen and oxygen atoms in total. The number of nitrogen functional groups attached to an aromatic ring is 1. The number of unbranched alkanes of at least 4 members (excludes halogenated alkanes) is 2. The first-order chi connectivity index (χ1) is 44.0. The normalized spacial score (nSPS) is 12.7. The molecular formula is C77H116N10O6. The maximum Gasteiger partial charge on any atom is 0.303 e. The minimum Gasteiger partial charge on any atom is -0.491 e. The number of nitrogens with two attached hydrogens (primary N) is 1. The Morgan fingerprint density at radius 2 is 0.989 bits per heavy atom. The summed E-state index contributed by atoms with van der Waals surface area (Å²) in [5.41, 5.74) is 15.9. The van der Waals surface area contributed by atoms with Crippen molar-refractivity contribution < 1.29 is 19.3 Å². The summed E-state index contributed by atoms with van der Waals surface area (Å²) in [4.78, 5) is 26.5. The Morgan fingerprint density at radius 1 is 0.538 bits per heavy atom. The molecule has 3 N–H and O–H groups in total. The molecule has 0 aliphatic carbocycles. The second-order valence-electron chi connectivity index (χ2n) is 27.8. The fourth-order valence-electron chi connectivity index (χ4n) is 10.9. The van der Waals surface area contributed by atoms with Crippen molar-refractivity contribution in [3.63, 3.8) is 0 Å². The molecule has 6 aromatic carbocycles. The molecule has 6 aromatic rings. The molecule has 6 rings (SSSR count). The predicted molar refractivity (Wildman–Crippen MR) is 393 cm³/mol. The van der Waals surface area contributed by atoms with Gasteiger partial charge in [-0.15, -0.1) is 15.3 Å². The standard InChI is InChI=1S/C45H67N7O6.C17H29N.C8H11N.C7H9N/c1-11-15-17-34(13-3)30-57-43-28-41(49-47-39-22-20-37(51(53)54)26-42(39)52(55)56)44(58-31-35(14-4)18-16-12-2)27-40(43)48-46-38-21-19-36(25-33(38)6)50(10)24-23-32(5)29-45(7,8)9;1-14-8-7-9-16(12-14)18(6)11-10-15(2)13-17(3,4)5;1-7-4-3-5-8(6-7)9-2;1-6-3-2-4-7(8)5-6/h19-22,25-28,32,34-35H,11-18,23-24,29-31H2,1-10H3;7-9,12,15H,10-11,13H2,1-6H3;3-6,9H,1-2H3;2-5H,8H2,1H3. The molecule has 0 aromatic heterocycles. The number of rotatable bonds is 31. The molecule has 510 valence electrons. The monoisotopic (exact) mass is 1280 g/mol. The average Bonchev–Trinajstić information content (AvgIpc) is 0.888. The van der Waals surface area contributed by atoms with Gasteiger partial charge in [-0.2, -0.15) is 5.11 Å². The van der Waals surface area contributed by atoms with Gasteiger partial charge in [0.2, 0.25) is 0 Å². The summed E-state index contributed by atoms with van der Waals surface area (Å²) in [5, 5.41) is 44.4. The van der Waals surface area contributed by atoms with Crippen LogP contribution in [0.2, 0.25) is 0 Å². The Bertz CT molecular complexity index is 3230. The number of anilines is 4. The summed E-state index contributed by atoms with van der Waals surface area (Å²) < 4.78 is 12.9. The molecule has 0 heterocycles. The van der Waals surface area contributed by atoms with Crippen LogP contribution < -0.4 is 30.3 Å². The Labute approximate surface area is 560 Å². The van der Waals surface area contributed by atoms with Crippen LogP contribution in [0.1, 0.15) is 182 Å². The summed E-state index contributed by atoms with van der Waals surface area (Å²) in [6.45, 7) is 38.4. The van der Waals surface area contributed by atoms with Gasteiger partial charge in [0.05, 0.1) is 34.8 Å². The van der Waals surface area contributed by atoms with E-state index in [0.717, 1.165) is 105 Å². The fourth-order valence-corrected chi connectivity index (χ4v) is 10.9. The Morgan fingerprint density at radius 3 is 1.39 bits per heavy atom. The highest BCUT2D eigenvalue weighted by Gasteiger charge is 2.22. The lowest BCUT2D eigenvalue weighted by Gasteiger charge is -2.26. The van der Waals surface area contributed by atoms with E-state index in [1.165, 1.54) is 59.5 Å². The van der Waals surface area contributed by atoms with Gasteiger partial charge in [0.1, 0.15) is 22.9 Å². The molecule has 0 fully saturated rings. The maximum absolute atomic E-state index is 11.9. The van der Waals surface area contributed by atoms with Crippen LogP contribution in [0.25, 0.3) is 0 Å². The van der Waals surface area contributed by atoms with Crippen LogP contribution >= 0.6 is 0 Å². The number of aryl methyl sites for hydroxylation is 4. The van der Waals surface area contributed by atoms with Gasteiger partial charge < -0.3 is 30.3 Å². The third-order valence-corrected chi connectivity index (χ3v) is 16.2. The highest BCUT2D eigenvalue weighted by Crippen LogP contribution is 2.43. The van der Waals surface area contributed by atoms with Crippen molar-refractivity contribution in [3.05, 3.63) is 164 Å². The lowest BCUT2D eigenvalue weighted by molar-refractivity contribution is -0.393. The minimum atomic E-state index is -0.710. The molecule has 0 saturated heterocycles. The summed E-state index contributed by atoms with van der Waals surface area (Å²) >= 11 is 0. The summed E-state index contributed by atoms with van der Waals surface area (Å²) in [5.74, 6) is 2.83. The van der Waals surface area contributed by atoms with Crippen molar-refractivity contribution in [1.82, 2.24) is 0 Å². The first-order valence-electron chi connectivity index (χ1n) is 33.8. The van der Waals surface area contributed by atoms with E-state index in [0.29, 0.717) is 59.0 Å². The van der Waals surface area contributed by atoms with E-state index in [2.05, 4.69) is 185 Å². The molecule has 0 amide bonds. The molecule has 0 radical (unpaired) electrons. The molecule has 0 spiro atoms. The number of azo groups is 2. The minimum absolute atomic E-state index is 0.128. The van der Waals surface area contributed by atoms with Gasteiger partial charge in [0, 0.05) is 75.2 Å². The molecule has 4 atom stereocenters. The van der Waals surface area contributed by atoms with Gasteiger partial charge in [0.15, 0.2) is 5.69 Å². The highest BCUT2D eigenvalue weighted by atomic mass is 16.6. The topological polar surface area (TPSA) is 199 Å². The second-order valence-corrected chi connectivity index (χ2v) is 27.8. The van der Waals surface area contributed by atoms with Crippen LogP contribution in [0.4, 0.5) is 56.9 Å². The van der Waals surface area contributed by atoms with E-state index in [9.17, 15) is 20.2 Å². The van der Waals surface area contributed by atoms with Gasteiger partial charge in [-0.25, -0.2) is 0 Å². The quantitative estimate of drug-likeness (QED) is 0.0183. The maximum atomic E-state index is 11.9. The van der Waals surface area contributed by atoms with E-state index in [-0.39, 0.29) is 11.4 Å². The van der Waals surface area contributed by atoms with E-state index in [4.69, 9.17) is 25.4 Å². The first-order valence-corrected chi connectivity index (χ1v) is 33.8. The molecule has 0 aliphatic rings. The second kappa shape index (κ2) is 41.0. The van der Waals surface area contributed by atoms with E-state index >= 15 is 0 Å². The Balaban J connectivity index is 0.000000512. The molecule has 16 heteroatoms. The van der Waals surface area contributed by atoms with Crippen molar-refractivity contribution >= 4 is 56.9 Å². The largest absolute Gasteiger partial charge is 0.491 e. The summed E-state index contributed by atoms with van der Waals surface area (Å²) in [6.07, 6.45) is 13.1. The lowest BCUT2D eigenvalue weighted by Crippen LogP contribution is -2.22.